The highest BCUT2D eigenvalue weighted by Crippen LogP contribution is 2.36. The Morgan fingerprint density at radius 1 is 1.18 bits per heavy atom. The third kappa shape index (κ3) is 8.50. The number of alkyl halides is 1. The van der Waals surface area contributed by atoms with Crippen molar-refractivity contribution in [2.45, 2.75) is 109 Å². The Morgan fingerprint density at radius 2 is 1.92 bits per heavy atom. The van der Waals surface area contributed by atoms with Gasteiger partial charge >= 0.3 is 6.09 Å². The standard InChI is InChI=1S/C36H46F2N5O5P/c1-9-11-23-17-24(14-15-43(23)34(44)47-35(3,4)5)46-31-19-30(45-21(2)27-16-22(37)20-42(27)8)39-33(40-31)26-18-29(48-41-26)36(6,7)32-25(38)12-10-13-28(32)49/h1,10,12-13,18-19,21-24,27H,11,14-17,20,49H2,2-8H3/t21-,22+,23+,24-,27-/m0/s1. The van der Waals surface area contributed by atoms with E-state index < -0.39 is 29.4 Å². The second-order valence-electron chi connectivity index (χ2n) is 14.4. The Bertz CT molecular complexity index is 1670. The summed E-state index contributed by atoms with van der Waals surface area (Å²) in [5.41, 5.74) is -0.749. The number of aromatic nitrogens is 3. The van der Waals surface area contributed by atoms with Crippen LogP contribution < -0.4 is 14.8 Å². The second-order valence-corrected chi connectivity index (χ2v) is 15.1. The van der Waals surface area contributed by atoms with E-state index in [1.807, 2.05) is 59.6 Å². The lowest BCUT2D eigenvalue weighted by Crippen LogP contribution is -2.50. The number of likely N-dealkylation sites (N-methyl/N-ethyl adjacent to an activating group) is 1. The molecule has 4 heterocycles. The summed E-state index contributed by atoms with van der Waals surface area (Å²) < 4.78 is 53.3. The molecular formula is C36H46F2N5O5P. The summed E-state index contributed by atoms with van der Waals surface area (Å²) in [6, 6.07) is 7.72. The zero-order valence-electron chi connectivity index (χ0n) is 29.2. The first-order valence-corrected chi connectivity index (χ1v) is 17.1. The number of carbonyl (C=O) groups is 1. The van der Waals surface area contributed by atoms with Crippen molar-refractivity contribution in [1.29, 1.82) is 0 Å². The summed E-state index contributed by atoms with van der Waals surface area (Å²) in [4.78, 5) is 25.9. The smallest absolute Gasteiger partial charge is 0.410 e. The molecule has 0 spiro atoms. The SMILES string of the molecule is C#CC[C@@H]1C[C@@H](Oc2cc(O[C@@H](C)[C@@H]3C[C@@H](F)CN3C)nc(-c3cc(C(C)(C)c4c(F)cccc4P)on3)n2)CCN1C(=O)OC(C)(C)C. The van der Waals surface area contributed by atoms with Gasteiger partial charge in [-0.25, -0.2) is 13.6 Å². The van der Waals surface area contributed by atoms with E-state index in [0.717, 1.165) is 0 Å². The summed E-state index contributed by atoms with van der Waals surface area (Å²) in [5, 5.41) is 4.96. The number of ether oxygens (including phenoxy) is 3. The fourth-order valence-corrected chi connectivity index (χ4v) is 7.21. The summed E-state index contributed by atoms with van der Waals surface area (Å²) in [5.74, 6) is 3.36. The molecule has 2 fully saturated rings. The van der Waals surface area contributed by atoms with Gasteiger partial charge in [0.2, 0.25) is 11.8 Å². The molecule has 10 nitrogen and oxygen atoms in total. The zero-order valence-corrected chi connectivity index (χ0v) is 30.4. The van der Waals surface area contributed by atoms with E-state index in [0.29, 0.717) is 61.1 Å². The number of rotatable bonds is 9. The van der Waals surface area contributed by atoms with E-state index in [-0.39, 0.29) is 41.6 Å². The number of terminal acetylenes is 1. The van der Waals surface area contributed by atoms with Crippen LogP contribution in [0.3, 0.4) is 0 Å². The molecule has 264 valence electrons. The van der Waals surface area contributed by atoms with E-state index in [9.17, 15) is 9.18 Å². The Balaban J connectivity index is 1.43. The van der Waals surface area contributed by atoms with Gasteiger partial charge in [-0.2, -0.15) is 9.97 Å². The maximum atomic E-state index is 15.0. The van der Waals surface area contributed by atoms with Gasteiger partial charge in [-0.1, -0.05) is 17.3 Å². The molecule has 2 aliphatic rings. The molecule has 2 aliphatic heterocycles. The van der Waals surface area contributed by atoms with Gasteiger partial charge in [-0.05, 0) is 66.4 Å². The number of piperidine rings is 1. The van der Waals surface area contributed by atoms with Crippen LogP contribution in [0.25, 0.3) is 11.5 Å². The van der Waals surface area contributed by atoms with Gasteiger partial charge < -0.3 is 23.6 Å². The third-order valence-corrected chi connectivity index (χ3v) is 9.52. The van der Waals surface area contributed by atoms with E-state index in [1.54, 1.807) is 23.1 Å². The highest BCUT2D eigenvalue weighted by atomic mass is 31.0. The molecule has 0 bridgehead atoms. The zero-order chi connectivity index (χ0) is 35.7. The van der Waals surface area contributed by atoms with Crippen molar-refractivity contribution < 1.29 is 32.3 Å². The van der Waals surface area contributed by atoms with Crippen LogP contribution in [0.5, 0.6) is 11.8 Å². The number of carbonyl (C=O) groups excluding carboxylic acids is 1. The quantitative estimate of drug-likeness (QED) is 0.195. The topological polar surface area (TPSA) is 103 Å². The Hall–Kier alpha value is -3.81. The fourth-order valence-electron chi connectivity index (χ4n) is 6.60. The van der Waals surface area contributed by atoms with Crippen LogP contribution in [-0.2, 0) is 10.2 Å². The number of benzene rings is 1. The van der Waals surface area contributed by atoms with E-state index in [4.69, 9.17) is 25.2 Å². The molecule has 5 rings (SSSR count). The van der Waals surface area contributed by atoms with Crippen molar-refractivity contribution in [3.63, 3.8) is 0 Å². The van der Waals surface area contributed by atoms with E-state index in [2.05, 4.69) is 30.3 Å². The molecule has 13 heteroatoms. The predicted molar refractivity (Wildman–Crippen MR) is 185 cm³/mol. The van der Waals surface area contributed by atoms with Gasteiger partial charge in [0, 0.05) is 56.1 Å². The summed E-state index contributed by atoms with van der Waals surface area (Å²) in [6.45, 7) is 11.8. The molecular weight excluding hydrogens is 651 g/mol. The normalized spacial score (nSPS) is 22.4. The second kappa shape index (κ2) is 14.6. The van der Waals surface area contributed by atoms with Crippen LogP contribution in [-0.4, -0.2) is 87.2 Å². The van der Waals surface area contributed by atoms with Crippen LogP contribution in [0.15, 0.2) is 34.9 Å². The number of nitrogens with zero attached hydrogens (tertiary/aromatic N) is 5. The van der Waals surface area contributed by atoms with E-state index in [1.165, 1.54) is 6.07 Å². The van der Waals surface area contributed by atoms with Gasteiger partial charge in [0.05, 0.1) is 11.5 Å². The van der Waals surface area contributed by atoms with E-state index >= 15 is 4.39 Å². The number of likely N-dealkylation sites (tertiary alicyclic amines) is 2. The highest BCUT2D eigenvalue weighted by Gasteiger charge is 2.37. The number of hydrogen-bond acceptors (Lipinski definition) is 9. The molecule has 2 aromatic heterocycles. The summed E-state index contributed by atoms with van der Waals surface area (Å²) in [6.07, 6.45) is 5.27. The van der Waals surface area contributed by atoms with Crippen molar-refractivity contribution in [1.82, 2.24) is 24.9 Å². The lowest BCUT2D eigenvalue weighted by atomic mass is 9.81. The number of halogens is 2. The summed E-state index contributed by atoms with van der Waals surface area (Å²) >= 11 is 0. The largest absolute Gasteiger partial charge is 0.474 e. The summed E-state index contributed by atoms with van der Waals surface area (Å²) in [7, 11) is 4.44. The molecule has 0 N–H and O–H groups in total. The average Bonchev–Trinajstić information content (AvgIpc) is 3.63. The highest BCUT2D eigenvalue weighted by molar-refractivity contribution is 7.27. The van der Waals surface area contributed by atoms with Gasteiger partial charge in [0.1, 0.15) is 35.6 Å². The minimum Gasteiger partial charge on any atom is -0.474 e. The van der Waals surface area contributed by atoms with Crippen LogP contribution in [0, 0.1) is 18.2 Å². The Kier molecular flexibility index (Phi) is 10.9. The molecule has 49 heavy (non-hydrogen) atoms. The first-order chi connectivity index (χ1) is 23.0. The molecule has 1 unspecified atom stereocenters. The molecule has 0 saturated carbocycles. The monoisotopic (exact) mass is 697 g/mol. The molecule has 3 aromatic rings. The molecule has 6 atom stereocenters. The maximum absolute atomic E-state index is 15.0. The van der Waals surface area contributed by atoms with Gasteiger partial charge in [0.15, 0.2) is 11.5 Å². The molecule has 2 saturated heterocycles. The number of hydrogen-bond donors (Lipinski definition) is 0. The van der Waals surface area contributed by atoms with Crippen LogP contribution in [0.2, 0.25) is 0 Å². The van der Waals surface area contributed by atoms with Crippen molar-refractivity contribution in [3.8, 4) is 35.6 Å². The lowest BCUT2D eigenvalue weighted by molar-refractivity contribution is -0.00375. The minimum absolute atomic E-state index is 0.152. The van der Waals surface area contributed by atoms with Gasteiger partial charge in [0.25, 0.3) is 0 Å². The maximum Gasteiger partial charge on any atom is 0.410 e. The Morgan fingerprint density at radius 3 is 2.57 bits per heavy atom. The predicted octanol–water partition coefficient (Wildman–Crippen LogP) is 6.08. The number of amides is 1. The molecule has 1 amide bonds. The van der Waals surface area contributed by atoms with Gasteiger partial charge in [-0.15, -0.1) is 21.6 Å². The lowest BCUT2D eigenvalue weighted by Gasteiger charge is -2.39. The van der Waals surface area contributed by atoms with Crippen molar-refractivity contribution in [2.24, 2.45) is 0 Å². The first-order valence-electron chi connectivity index (χ1n) is 16.6. The average molecular weight is 698 g/mol. The molecule has 0 radical (unpaired) electrons. The van der Waals surface area contributed by atoms with Crippen molar-refractivity contribution in [2.75, 3.05) is 20.1 Å². The van der Waals surface area contributed by atoms with Crippen LogP contribution in [0.4, 0.5) is 13.6 Å². The fraction of sp³-hybridized carbons (Fsp3) is 0.556. The van der Waals surface area contributed by atoms with Gasteiger partial charge in [-0.3, -0.25) is 4.90 Å². The minimum atomic E-state index is -0.934. The first kappa shape index (κ1) is 36.5. The molecule has 1 aromatic carbocycles. The third-order valence-electron chi connectivity index (χ3n) is 9.04. The molecule has 0 aliphatic carbocycles. The van der Waals surface area contributed by atoms with Crippen LogP contribution in [0.1, 0.15) is 78.5 Å². The van der Waals surface area contributed by atoms with Crippen molar-refractivity contribution >= 4 is 20.6 Å². The Labute approximate surface area is 289 Å². The van der Waals surface area contributed by atoms with Crippen molar-refractivity contribution in [3.05, 3.63) is 47.5 Å². The van der Waals surface area contributed by atoms with Crippen LogP contribution >= 0.6 is 9.24 Å².